The average molecular weight is 490 g/mol. The van der Waals surface area contributed by atoms with Crippen LogP contribution in [0.2, 0.25) is 0 Å². The topological polar surface area (TPSA) is 0 Å². The summed E-state index contributed by atoms with van der Waals surface area (Å²) in [4.78, 5) is 0.868. The van der Waals surface area contributed by atoms with Gasteiger partial charge in [0.2, 0.25) is 0 Å². The van der Waals surface area contributed by atoms with E-state index in [1.54, 1.807) is 0 Å². The van der Waals surface area contributed by atoms with Crippen molar-refractivity contribution in [1.29, 1.82) is 0 Å². The summed E-state index contributed by atoms with van der Waals surface area (Å²) < 4.78 is 2.59. The van der Waals surface area contributed by atoms with Crippen LogP contribution in [0.15, 0.2) is 48.5 Å². The third-order valence-corrected chi connectivity index (χ3v) is 6.73. The minimum Gasteiger partial charge on any atom is -0.0795 e. The Bertz CT molecular complexity index is 631. The number of hydrogen-bond donors (Lipinski definition) is 0. The van der Waals surface area contributed by atoms with Crippen LogP contribution in [-0.2, 0) is 0 Å². The van der Waals surface area contributed by atoms with Crippen molar-refractivity contribution in [3.63, 3.8) is 0 Å². The second-order valence-corrected chi connectivity index (χ2v) is 6.76. The largest absolute Gasteiger partial charge is 0.0795 e. The summed E-state index contributed by atoms with van der Waals surface area (Å²) >= 11 is 10.2. The Balaban J connectivity index is 2.25. The molecule has 2 aromatic rings. The van der Waals surface area contributed by atoms with Crippen LogP contribution in [0.3, 0.4) is 0 Å². The van der Waals surface area contributed by atoms with Gasteiger partial charge in [-0.25, -0.2) is 0 Å². The highest BCUT2D eigenvalue weighted by atomic mass is 127. The van der Waals surface area contributed by atoms with Crippen LogP contribution in [0.1, 0.15) is 16.7 Å². The molecule has 0 spiro atoms. The van der Waals surface area contributed by atoms with Gasteiger partial charge in [0.1, 0.15) is 0 Å². The summed E-state index contributed by atoms with van der Waals surface area (Å²) in [6, 6.07) is 14.4. The van der Waals surface area contributed by atoms with Crippen molar-refractivity contribution < 1.29 is 0 Å². The van der Waals surface area contributed by atoms with Gasteiger partial charge in [0.25, 0.3) is 0 Å². The summed E-state index contributed by atoms with van der Waals surface area (Å²) in [6.45, 7) is 2.13. The molecule has 0 aromatic heterocycles. The van der Waals surface area contributed by atoms with Crippen LogP contribution in [0.5, 0.6) is 0 Å². The van der Waals surface area contributed by atoms with E-state index in [9.17, 15) is 0 Å². The third-order valence-electron chi connectivity index (χ3n) is 2.78. The standard InChI is InChI=1S/C16H12I2S/c1-11-7-8-13(16(18)15(11)17)9-10-14(19)12-5-3-2-4-6-12/h2-10H,1H3. The lowest BCUT2D eigenvalue weighted by Gasteiger charge is -2.05. The number of hydrogen-bond acceptors (Lipinski definition) is 1. The van der Waals surface area contributed by atoms with Gasteiger partial charge in [-0.2, -0.15) is 0 Å². The number of halogens is 2. The molecule has 19 heavy (non-hydrogen) atoms. The van der Waals surface area contributed by atoms with Crippen molar-refractivity contribution >= 4 is 68.3 Å². The molecule has 0 radical (unpaired) electrons. The number of allylic oxidation sites excluding steroid dienone is 1. The van der Waals surface area contributed by atoms with Crippen molar-refractivity contribution in [2.45, 2.75) is 6.92 Å². The minimum absolute atomic E-state index is 0.868. The number of aryl methyl sites for hydroxylation is 1. The fraction of sp³-hybridized carbons (Fsp3) is 0.0625. The summed E-state index contributed by atoms with van der Waals surface area (Å²) in [6.07, 6.45) is 4.10. The zero-order chi connectivity index (χ0) is 13.8. The molecule has 0 aliphatic heterocycles. The Labute approximate surface area is 146 Å². The van der Waals surface area contributed by atoms with E-state index in [2.05, 4.69) is 70.3 Å². The molecule has 0 amide bonds. The Morgan fingerprint density at radius 3 is 2.37 bits per heavy atom. The quantitative estimate of drug-likeness (QED) is 0.233. The summed E-state index contributed by atoms with van der Waals surface area (Å²) in [5.41, 5.74) is 3.62. The lowest BCUT2D eigenvalue weighted by atomic mass is 10.1. The van der Waals surface area contributed by atoms with E-state index in [4.69, 9.17) is 12.2 Å². The molecular formula is C16H12I2S. The van der Waals surface area contributed by atoms with Crippen LogP contribution in [0.25, 0.3) is 6.08 Å². The van der Waals surface area contributed by atoms with Gasteiger partial charge in [0, 0.05) is 12.0 Å². The molecule has 0 nitrogen and oxygen atoms in total. The molecule has 0 atom stereocenters. The van der Waals surface area contributed by atoms with Crippen LogP contribution in [-0.4, -0.2) is 4.86 Å². The second kappa shape index (κ2) is 6.95. The maximum atomic E-state index is 5.43. The first kappa shape index (κ1) is 15.1. The molecular weight excluding hydrogens is 478 g/mol. The van der Waals surface area contributed by atoms with Crippen molar-refractivity contribution in [2.75, 3.05) is 0 Å². The van der Waals surface area contributed by atoms with Crippen molar-refractivity contribution in [2.24, 2.45) is 0 Å². The van der Waals surface area contributed by atoms with Crippen molar-refractivity contribution in [3.8, 4) is 0 Å². The van der Waals surface area contributed by atoms with Gasteiger partial charge in [0.15, 0.2) is 0 Å². The van der Waals surface area contributed by atoms with E-state index in [-0.39, 0.29) is 0 Å². The number of benzene rings is 2. The molecule has 0 heterocycles. The van der Waals surface area contributed by atoms with Crippen LogP contribution >= 0.6 is 57.4 Å². The minimum atomic E-state index is 0.868. The lowest BCUT2D eigenvalue weighted by molar-refractivity contribution is 1.39. The molecule has 0 aliphatic carbocycles. The third kappa shape index (κ3) is 3.86. The molecule has 2 aromatic carbocycles. The molecule has 96 valence electrons. The van der Waals surface area contributed by atoms with Crippen LogP contribution in [0, 0.1) is 14.1 Å². The van der Waals surface area contributed by atoms with Gasteiger partial charge >= 0.3 is 0 Å². The van der Waals surface area contributed by atoms with Crippen LogP contribution < -0.4 is 0 Å². The first-order chi connectivity index (χ1) is 9.09. The van der Waals surface area contributed by atoms with E-state index < -0.39 is 0 Å². The van der Waals surface area contributed by atoms with Gasteiger partial charge < -0.3 is 0 Å². The Morgan fingerprint density at radius 1 is 1.00 bits per heavy atom. The Kier molecular flexibility index (Phi) is 5.53. The van der Waals surface area contributed by atoms with Crippen molar-refractivity contribution in [3.05, 3.63) is 72.4 Å². The predicted octanol–water partition coefficient (Wildman–Crippen LogP) is 5.64. The van der Waals surface area contributed by atoms with Crippen molar-refractivity contribution in [1.82, 2.24) is 0 Å². The highest BCUT2D eigenvalue weighted by Crippen LogP contribution is 2.24. The second-order valence-electron chi connectivity index (χ2n) is 4.16. The highest BCUT2D eigenvalue weighted by molar-refractivity contribution is 14.1. The maximum Gasteiger partial charge on any atom is 0.0449 e. The SMILES string of the molecule is Cc1ccc(C=CC(=S)c2ccccc2)c(I)c1I. The first-order valence-electron chi connectivity index (χ1n) is 5.81. The van der Waals surface area contributed by atoms with Gasteiger partial charge in [-0.15, -0.1) is 0 Å². The molecule has 0 aliphatic rings. The molecule has 0 N–H and O–H groups in total. The molecule has 3 heteroatoms. The molecule has 0 fully saturated rings. The molecule has 0 saturated carbocycles. The summed E-state index contributed by atoms with van der Waals surface area (Å²) in [5, 5.41) is 0. The lowest BCUT2D eigenvalue weighted by Crippen LogP contribution is -1.93. The average Bonchev–Trinajstić information content (AvgIpc) is 2.45. The summed E-state index contributed by atoms with van der Waals surface area (Å²) in [7, 11) is 0. The maximum absolute atomic E-state index is 5.43. The molecule has 0 saturated heterocycles. The number of rotatable bonds is 3. The normalized spacial score (nSPS) is 10.9. The zero-order valence-electron chi connectivity index (χ0n) is 10.4. The fourth-order valence-electron chi connectivity index (χ4n) is 1.65. The molecule has 2 rings (SSSR count). The van der Waals surface area contributed by atoms with Gasteiger partial charge in [-0.1, -0.05) is 60.8 Å². The van der Waals surface area contributed by atoms with Gasteiger partial charge in [-0.3, -0.25) is 0 Å². The van der Waals surface area contributed by atoms with Gasteiger partial charge in [-0.05, 0) is 74.9 Å². The Hall–Kier alpha value is -0.270. The Morgan fingerprint density at radius 2 is 1.68 bits per heavy atom. The zero-order valence-corrected chi connectivity index (χ0v) is 15.5. The highest BCUT2D eigenvalue weighted by Gasteiger charge is 2.04. The van der Waals surface area contributed by atoms with E-state index in [1.807, 2.05) is 36.4 Å². The van der Waals surface area contributed by atoms with E-state index in [0.717, 1.165) is 10.4 Å². The monoisotopic (exact) mass is 490 g/mol. The van der Waals surface area contributed by atoms with E-state index in [0.29, 0.717) is 0 Å². The van der Waals surface area contributed by atoms with Crippen LogP contribution in [0.4, 0.5) is 0 Å². The van der Waals surface area contributed by atoms with E-state index in [1.165, 1.54) is 18.3 Å². The number of thiocarbonyl (C=S) groups is 1. The summed E-state index contributed by atoms with van der Waals surface area (Å²) in [5.74, 6) is 0. The van der Waals surface area contributed by atoms with E-state index >= 15 is 0 Å². The predicted molar refractivity (Wildman–Crippen MR) is 104 cm³/mol. The molecule has 0 bridgehead atoms. The fourth-order valence-corrected chi connectivity index (χ4v) is 3.13. The van der Waals surface area contributed by atoms with Gasteiger partial charge in [0.05, 0.1) is 0 Å². The molecule has 0 unspecified atom stereocenters. The smallest absolute Gasteiger partial charge is 0.0449 e. The first-order valence-corrected chi connectivity index (χ1v) is 8.38.